The Kier molecular flexibility index (Phi) is 5.18. The van der Waals surface area contributed by atoms with Crippen LogP contribution in [0.25, 0.3) is 0 Å². The summed E-state index contributed by atoms with van der Waals surface area (Å²) in [5, 5.41) is 20.6. The molecule has 3 atom stereocenters. The standard InChI is InChI=1S/C21H23N5O4/c1-12-18(20(28)25-14-6-4-5-7-16(14)29-2)19(26-21(24-12)22-11-23-26)13-8-9-15(27)17(10-13)30-3/h4-12,18-19,27H,1-3H3,(H,25,28)(H,22,23,24)/t12-,18+,19-/m1/s1. The van der Waals surface area contributed by atoms with Gasteiger partial charge >= 0.3 is 0 Å². The summed E-state index contributed by atoms with van der Waals surface area (Å²) in [5.41, 5.74) is 1.36. The van der Waals surface area contributed by atoms with E-state index in [2.05, 4.69) is 20.7 Å². The zero-order chi connectivity index (χ0) is 21.3. The van der Waals surface area contributed by atoms with Crippen molar-refractivity contribution in [1.82, 2.24) is 14.8 Å². The molecule has 0 saturated heterocycles. The molecule has 1 aliphatic rings. The van der Waals surface area contributed by atoms with Crippen molar-refractivity contribution in [2.24, 2.45) is 5.92 Å². The number of carbonyl (C=O) groups is 1. The molecule has 1 amide bonds. The summed E-state index contributed by atoms with van der Waals surface area (Å²) in [6.45, 7) is 1.93. The largest absolute Gasteiger partial charge is 0.504 e. The molecule has 9 nitrogen and oxygen atoms in total. The highest BCUT2D eigenvalue weighted by Crippen LogP contribution is 2.39. The van der Waals surface area contributed by atoms with Crippen molar-refractivity contribution in [2.75, 3.05) is 24.9 Å². The number of rotatable bonds is 5. The minimum absolute atomic E-state index is 0.0251. The monoisotopic (exact) mass is 409 g/mol. The van der Waals surface area contributed by atoms with Crippen molar-refractivity contribution < 1.29 is 19.4 Å². The molecule has 156 valence electrons. The van der Waals surface area contributed by atoms with Crippen LogP contribution in [0.3, 0.4) is 0 Å². The van der Waals surface area contributed by atoms with Crippen LogP contribution in [0.4, 0.5) is 11.6 Å². The maximum Gasteiger partial charge on any atom is 0.232 e. The van der Waals surface area contributed by atoms with Crippen LogP contribution in [0.1, 0.15) is 18.5 Å². The van der Waals surface area contributed by atoms with Gasteiger partial charge in [0.05, 0.1) is 31.9 Å². The molecule has 2 aromatic carbocycles. The molecule has 0 bridgehead atoms. The molecule has 3 aromatic rings. The lowest BCUT2D eigenvalue weighted by Crippen LogP contribution is -2.46. The summed E-state index contributed by atoms with van der Waals surface area (Å²) in [6.07, 6.45) is 1.44. The first-order chi connectivity index (χ1) is 14.5. The molecule has 1 aliphatic heterocycles. The maximum absolute atomic E-state index is 13.4. The molecule has 0 spiro atoms. The van der Waals surface area contributed by atoms with Crippen LogP contribution in [0.5, 0.6) is 17.2 Å². The van der Waals surface area contributed by atoms with E-state index in [1.54, 1.807) is 42.1 Å². The number of anilines is 2. The lowest BCUT2D eigenvalue weighted by Gasteiger charge is -2.37. The number of hydrogen-bond donors (Lipinski definition) is 3. The highest BCUT2D eigenvalue weighted by molar-refractivity contribution is 5.95. The first-order valence-electron chi connectivity index (χ1n) is 9.50. The number of phenolic OH excluding ortho intramolecular Hbond substituents is 1. The van der Waals surface area contributed by atoms with E-state index < -0.39 is 12.0 Å². The summed E-state index contributed by atoms with van der Waals surface area (Å²) in [6, 6.07) is 11.6. The van der Waals surface area contributed by atoms with Crippen LogP contribution in [0.15, 0.2) is 48.8 Å². The van der Waals surface area contributed by atoms with E-state index in [1.807, 2.05) is 19.1 Å². The lowest BCUT2D eigenvalue weighted by atomic mass is 9.85. The van der Waals surface area contributed by atoms with Gasteiger partial charge in [0, 0.05) is 6.04 Å². The number of aromatic nitrogens is 3. The molecule has 0 fully saturated rings. The molecule has 2 heterocycles. The van der Waals surface area contributed by atoms with Gasteiger partial charge in [-0.2, -0.15) is 10.1 Å². The zero-order valence-electron chi connectivity index (χ0n) is 16.9. The number of para-hydroxylation sites is 2. The van der Waals surface area contributed by atoms with Crippen molar-refractivity contribution >= 4 is 17.5 Å². The van der Waals surface area contributed by atoms with Crippen LogP contribution < -0.4 is 20.1 Å². The number of amides is 1. The molecule has 9 heteroatoms. The number of methoxy groups -OCH3 is 2. The average molecular weight is 409 g/mol. The third-order valence-corrected chi connectivity index (χ3v) is 5.29. The summed E-state index contributed by atoms with van der Waals surface area (Å²) in [5.74, 6) is 0.768. The molecule has 3 N–H and O–H groups in total. The number of carbonyl (C=O) groups excluding carboxylic acids is 1. The first-order valence-corrected chi connectivity index (χ1v) is 9.50. The maximum atomic E-state index is 13.4. The van der Waals surface area contributed by atoms with E-state index in [9.17, 15) is 9.90 Å². The van der Waals surface area contributed by atoms with Crippen molar-refractivity contribution in [2.45, 2.75) is 19.0 Å². The van der Waals surface area contributed by atoms with Gasteiger partial charge in [-0.25, -0.2) is 4.68 Å². The number of ether oxygens (including phenoxy) is 2. The summed E-state index contributed by atoms with van der Waals surface area (Å²) >= 11 is 0. The van der Waals surface area contributed by atoms with E-state index >= 15 is 0 Å². The zero-order valence-corrected chi connectivity index (χ0v) is 16.9. The minimum atomic E-state index is -0.529. The highest BCUT2D eigenvalue weighted by Gasteiger charge is 2.41. The predicted molar refractivity (Wildman–Crippen MR) is 111 cm³/mol. The van der Waals surface area contributed by atoms with E-state index in [0.717, 1.165) is 5.56 Å². The van der Waals surface area contributed by atoms with Crippen molar-refractivity contribution in [3.05, 3.63) is 54.4 Å². The van der Waals surface area contributed by atoms with Gasteiger partial charge in [0.2, 0.25) is 11.9 Å². The third kappa shape index (κ3) is 3.38. The normalized spacial score (nSPS) is 20.0. The molecule has 30 heavy (non-hydrogen) atoms. The quantitative estimate of drug-likeness (QED) is 0.594. The summed E-state index contributed by atoms with van der Waals surface area (Å²) in [7, 11) is 3.04. The molecule has 4 rings (SSSR count). The molecular weight excluding hydrogens is 386 g/mol. The lowest BCUT2D eigenvalue weighted by molar-refractivity contribution is -0.121. The molecule has 0 aliphatic carbocycles. The molecule has 0 radical (unpaired) electrons. The number of benzene rings is 2. The number of phenols is 1. The van der Waals surface area contributed by atoms with Crippen LogP contribution in [0, 0.1) is 5.92 Å². The Bertz CT molecular complexity index is 1070. The van der Waals surface area contributed by atoms with Crippen LogP contribution in [0.2, 0.25) is 0 Å². The van der Waals surface area contributed by atoms with Gasteiger partial charge in [-0.05, 0) is 36.8 Å². The van der Waals surface area contributed by atoms with Crippen LogP contribution >= 0.6 is 0 Å². The topological polar surface area (TPSA) is 111 Å². The van der Waals surface area contributed by atoms with Crippen molar-refractivity contribution in [3.63, 3.8) is 0 Å². The molecule has 0 unspecified atom stereocenters. The second-order valence-corrected chi connectivity index (χ2v) is 7.05. The van der Waals surface area contributed by atoms with Crippen LogP contribution in [-0.2, 0) is 4.79 Å². The Morgan fingerprint density at radius 2 is 1.93 bits per heavy atom. The Morgan fingerprint density at radius 3 is 2.70 bits per heavy atom. The average Bonchev–Trinajstić information content (AvgIpc) is 3.21. The Labute approximate surface area is 173 Å². The first kappa shape index (κ1) is 19.6. The molecular formula is C21H23N5O4. The number of aromatic hydroxyl groups is 1. The third-order valence-electron chi connectivity index (χ3n) is 5.29. The second-order valence-electron chi connectivity index (χ2n) is 7.05. The van der Waals surface area contributed by atoms with Gasteiger partial charge in [0.1, 0.15) is 12.1 Å². The molecule has 1 aromatic heterocycles. The Morgan fingerprint density at radius 1 is 1.17 bits per heavy atom. The SMILES string of the molecule is COc1cc([C@@H]2[C@@H](C(=O)Nc3ccccc3OC)[C@@H](C)Nc3ncnn32)ccc1O. The van der Waals surface area contributed by atoms with Gasteiger partial charge in [-0.3, -0.25) is 4.79 Å². The van der Waals surface area contributed by atoms with Crippen molar-refractivity contribution in [3.8, 4) is 17.2 Å². The van der Waals surface area contributed by atoms with E-state index in [1.165, 1.54) is 13.4 Å². The van der Waals surface area contributed by atoms with E-state index in [0.29, 0.717) is 23.1 Å². The van der Waals surface area contributed by atoms with E-state index in [-0.39, 0.29) is 17.7 Å². The van der Waals surface area contributed by atoms with Gasteiger partial charge in [0.15, 0.2) is 11.5 Å². The Balaban J connectivity index is 1.75. The fourth-order valence-electron chi connectivity index (χ4n) is 3.84. The fraction of sp³-hybridized carbons (Fsp3) is 0.286. The summed E-state index contributed by atoms with van der Waals surface area (Å²) < 4.78 is 12.3. The predicted octanol–water partition coefficient (Wildman–Crippen LogP) is 2.66. The van der Waals surface area contributed by atoms with E-state index in [4.69, 9.17) is 9.47 Å². The van der Waals surface area contributed by atoms with Gasteiger partial charge in [-0.15, -0.1) is 0 Å². The van der Waals surface area contributed by atoms with Gasteiger partial charge in [-0.1, -0.05) is 18.2 Å². The Hall–Kier alpha value is -3.75. The summed E-state index contributed by atoms with van der Waals surface area (Å²) in [4.78, 5) is 17.7. The number of fused-ring (bicyclic) bond motifs is 1. The smallest absolute Gasteiger partial charge is 0.232 e. The minimum Gasteiger partial charge on any atom is -0.504 e. The number of nitrogens with one attached hydrogen (secondary N) is 2. The number of nitrogens with zero attached hydrogens (tertiary/aromatic N) is 3. The second kappa shape index (κ2) is 7.94. The number of hydrogen-bond acceptors (Lipinski definition) is 7. The van der Waals surface area contributed by atoms with Gasteiger partial charge in [0.25, 0.3) is 0 Å². The van der Waals surface area contributed by atoms with Crippen LogP contribution in [-0.4, -0.2) is 46.0 Å². The highest BCUT2D eigenvalue weighted by atomic mass is 16.5. The molecule has 0 saturated carbocycles. The fourth-order valence-corrected chi connectivity index (χ4v) is 3.84. The van der Waals surface area contributed by atoms with Gasteiger partial charge < -0.3 is 25.2 Å². The van der Waals surface area contributed by atoms with Crippen molar-refractivity contribution in [1.29, 1.82) is 0 Å².